The second-order valence-corrected chi connectivity index (χ2v) is 5.18. The van der Waals surface area contributed by atoms with Gasteiger partial charge >= 0.3 is 0 Å². The van der Waals surface area contributed by atoms with Crippen LogP contribution in [0.5, 0.6) is 0 Å². The lowest BCUT2D eigenvalue weighted by Gasteiger charge is -2.19. The molecule has 1 aromatic rings. The Morgan fingerprint density at radius 1 is 1.44 bits per heavy atom. The quantitative estimate of drug-likeness (QED) is 0.827. The van der Waals surface area contributed by atoms with E-state index in [9.17, 15) is 4.39 Å². The van der Waals surface area contributed by atoms with Gasteiger partial charge in [0.05, 0.1) is 6.10 Å². The summed E-state index contributed by atoms with van der Waals surface area (Å²) in [4.78, 5) is 0. The molecular formula is C14H19ClFNO. The van der Waals surface area contributed by atoms with Gasteiger partial charge in [0.15, 0.2) is 0 Å². The van der Waals surface area contributed by atoms with Crippen molar-refractivity contribution in [3.63, 3.8) is 0 Å². The summed E-state index contributed by atoms with van der Waals surface area (Å²) in [5, 5.41) is 3.83. The van der Waals surface area contributed by atoms with Crippen molar-refractivity contribution >= 4 is 11.6 Å². The molecule has 0 aliphatic carbocycles. The fourth-order valence-corrected chi connectivity index (χ4v) is 2.65. The van der Waals surface area contributed by atoms with Crippen LogP contribution in [0.25, 0.3) is 0 Å². The third kappa shape index (κ3) is 3.44. The van der Waals surface area contributed by atoms with Crippen LogP contribution >= 0.6 is 11.6 Å². The largest absolute Gasteiger partial charge is 0.373 e. The van der Waals surface area contributed by atoms with Gasteiger partial charge in [-0.15, -0.1) is 0 Å². The molecule has 0 radical (unpaired) electrons. The Morgan fingerprint density at radius 2 is 2.28 bits per heavy atom. The van der Waals surface area contributed by atoms with Crippen molar-refractivity contribution in [1.82, 2.24) is 5.32 Å². The zero-order valence-electron chi connectivity index (χ0n) is 10.6. The lowest BCUT2D eigenvalue weighted by Crippen LogP contribution is -2.25. The number of rotatable bonds is 5. The number of halogens is 2. The van der Waals surface area contributed by atoms with E-state index in [2.05, 4.69) is 12.2 Å². The maximum absolute atomic E-state index is 13.4. The van der Waals surface area contributed by atoms with E-state index in [1.165, 1.54) is 12.1 Å². The zero-order valence-corrected chi connectivity index (χ0v) is 11.3. The molecule has 0 amide bonds. The molecule has 2 rings (SSSR count). The zero-order chi connectivity index (χ0) is 13.0. The Labute approximate surface area is 112 Å². The SMILES string of the molecule is CCCNCC1CCOC1c1cc(F)cc(Cl)c1. The molecule has 2 unspecified atom stereocenters. The number of benzene rings is 1. The molecule has 18 heavy (non-hydrogen) atoms. The van der Waals surface area contributed by atoms with E-state index in [1.807, 2.05) is 0 Å². The van der Waals surface area contributed by atoms with Crippen LogP contribution < -0.4 is 5.32 Å². The molecule has 2 nitrogen and oxygen atoms in total. The van der Waals surface area contributed by atoms with Crippen molar-refractivity contribution in [3.8, 4) is 0 Å². The van der Waals surface area contributed by atoms with E-state index in [4.69, 9.17) is 16.3 Å². The van der Waals surface area contributed by atoms with Gasteiger partial charge in [-0.3, -0.25) is 0 Å². The predicted octanol–water partition coefficient (Wildman–Crippen LogP) is 3.56. The fraction of sp³-hybridized carbons (Fsp3) is 0.571. The average molecular weight is 272 g/mol. The number of nitrogens with one attached hydrogen (secondary N) is 1. The predicted molar refractivity (Wildman–Crippen MR) is 71.4 cm³/mol. The van der Waals surface area contributed by atoms with E-state index in [0.717, 1.165) is 38.1 Å². The van der Waals surface area contributed by atoms with Crippen molar-refractivity contribution < 1.29 is 9.13 Å². The summed E-state index contributed by atoms with van der Waals surface area (Å²) in [7, 11) is 0. The highest BCUT2D eigenvalue weighted by Gasteiger charge is 2.29. The van der Waals surface area contributed by atoms with Crippen molar-refractivity contribution in [2.24, 2.45) is 5.92 Å². The first-order valence-electron chi connectivity index (χ1n) is 6.49. The first-order valence-corrected chi connectivity index (χ1v) is 6.87. The van der Waals surface area contributed by atoms with Crippen LogP contribution in [0.4, 0.5) is 4.39 Å². The molecule has 2 atom stereocenters. The summed E-state index contributed by atoms with van der Waals surface area (Å²) in [5.41, 5.74) is 0.848. The van der Waals surface area contributed by atoms with Crippen molar-refractivity contribution in [2.45, 2.75) is 25.9 Å². The molecule has 0 spiro atoms. The van der Waals surface area contributed by atoms with Crippen LogP contribution in [0.1, 0.15) is 31.4 Å². The van der Waals surface area contributed by atoms with Gasteiger partial charge in [0.1, 0.15) is 5.82 Å². The summed E-state index contributed by atoms with van der Waals surface area (Å²) in [6, 6.07) is 4.65. The third-order valence-electron chi connectivity index (χ3n) is 3.26. The second-order valence-electron chi connectivity index (χ2n) is 4.75. The number of hydrogen-bond acceptors (Lipinski definition) is 2. The molecule has 1 N–H and O–H groups in total. The van der Waals surface area contributed by atoms with Gasteiger partial charge in [-0.1, -0.05) is 18.5 Å². The van der Waals surface area contributed by atoms with Gasteiger partial charge < -0.3 is 10.1 Å². The Kier molecular flexibility index (Phi) is 4.98. The normalized spacial score (nSPS) is 23.5. The molecular weight excluding hydrogens is 253 g/mol. The highest BCUT2D eigenvalue weighted by atomic mass is 35.5. The first kappa shape index (κ1) is 13.8. The minimum absolute atomic E-state index is 0.0393. The van der Waals surface area contributed by atoms with Gasteiger partial charge in [0.25, 0.3) is 0 Å². The second kappa shape index (κ2) is 6.50. The van der Waals surface area contributed by atoms with Crippen LogP contribution in [0.3, 0.4) is 0 Å². The molecule has 1 aromatic carbocycles. The molecule has 0 saturated carbocycles. The van der Waals surface area contributed by atoms with Crippen molar-refractivity contribution in [3.05, 3.63) is 34.6 Å². The average Bonchev–Trinajstić information content (AvgIpc) is 2.76. The molecule has 1 aliphatic rings. The smallest absolute Gasteiger partial charge is 0.125 e. The maximum Gasteiger partial charge on any atom is 0.125 e. The molecule has 1 saturated heterocycles. The van der Waals surface area contributed by atoms with Crippen LogP contribution in [-0.2, 0) is 4.74 Å². The highest BCUT2D eigenvalue weighted by Crippen LogP contribution is 2.35. The minimum atomic E-state index is -0.298. The number of hydrogen-bond donors (Lipinski definition) is 1. The van der Waals surface area contributed by atoms with Gasteiger partial charge in [-0.2, -0.15) is 0 Å². The van der Waals surface area contributed by atoms with E-state index < -0.39 is 0 Å². The van der Waals surface area contributed by atoms with E-state index >= 15 is 0 Å². The summed E-state index contributed by atoms with van der Waals surface area (Å²) in [5.74, 6) is 0.0997. The third-order valence-corrected chi connectivity index (χ3v) is 3.48. The van der Waals surface area contributed by atoms with Gasteiger partial charge in [0, 0.05) is 24.1 Å². The fourth-order valence-electron chi connectivity index (χ4n) is 2.41. The van der Waals surface area contributed by atoms with Gasteiger partial charge in [-0.05, 0) is 43.1 Å². The van der Waals surface area contributed by atoms with Crippen LogP contribution in [0.15, 0.2) is 18.2 Å². The molecule has 0 aromatic heterocycles. The molecule has 1 fully saturated rings. The molecule has 0 bridgehead atoms. The maximum atomic E-state index is 13.4. The van der Waals surface area contributed by atoms with Crippen LogP contribution in [0.2, 0.25) is 5.02 Å². The minimum Gasteiger partial charge on any atom is -0.373 e. The van der Waals surface area contributed by atoms with Crippen LogP contribution in [0, 0.1) is 11.7 Å². The van der Waals surface area contributed by atoms with E-state index in [-0.39, 0.29) is 11.9 Å². The molecule has 4 heteroatoms. The topological polar surface area (TPSA) is 21.3 Å². The standard InChI is InChI=1S/C14H19ClFNO/c1-2-4-17-9-10-3-5-18-14(10)11-6-12(15)8-13(16)7-11/h6-8,10,14,17H,2-5,9H2,1H3. The monoisotopic (exact) mass is 271 g/mol. The lowest BCUT2D eigenvalue weighted by atomic mass is 9.95. The summed E-state index contributed by atoms with van der Waals surface area (Å²) >= 11 is 5.89. The summed E-state index contributed by atoms with van der Waals surface area (Å²) in [6.07, 6.45) is 2.09. The highest BCUT2D eigenvalue weighted by molar-refractivity contribution is 6.30. The molecule has 1 heterocycles. The van der Waals surface area contributed by atoms with Crippen LogP contribution in [-0.4, -0.2) is 19.7 Å². The summed E-state index contributed by atoms with van der Waals surface area (Å²) < 4.78 is 19.1. The van der Waals surface area contributed by atoms with Gasteiger partial charge in [-0.25, -0.2) is 4.39 Å². The Morgan fingerprint density at radius 3 is 3.00 bits per heavy atom. The first-order chi connectivity index (χ1) is 8.70. The number of ether oxygens (including phenoxy) is 1. The van der Waals surface area contributed by atoms with Gasteiger partial charge in [0.2, 0.25) is 0 Å². The van der Waals surface area contributed by atoms with Crippen molar-refractivity contribution in [1.29, 1.82) is 0 Å². The Hall–Kier alpha value is -0.640. The molecule has 100 valence electrons. The van der Waals surface area contributed by atoms with Crippen molar-refractivity contribution in [2.75, 3.05) is 19.7 Å². The lowest BCUT2D eigenvalue weighted by molar-refractivity contribution is 0.0903. The van der Waals surface area contributed by atoms with E-state index in [1.54, 1.807) is 6.07 Å². The molecule has 1 aliphatic heterocycles. The summed E-state index contributed by atoms with van der Waals surface area (Å²) in [6.45, 7) is 4.79. The Bertz CT molecular complexity index is 379. The Balaban J connectivity index is 2.05. The van der Waals surface area contributed by atoms with E-state index in [0.29, 0.717) is 10.9 Å².